The van der Waals surface area contributed by atoms with E-state index in [0.717, 1.165) is 0 Å². The van der Waals surface area contributed by atoms with Crippen molar-refractivity contribution in [3.05, 3.63) is 30.6 Å². The zero-order valence-electron chi connectivity index (χ0n) is 9.02. The van der Waals surface area contributed by atoms with E-state index >= 15 is 0 Å². The number of hydrogen-bond acceptors (Lipinski definition) is 6. The van der Waals surface area contributed by atoms with Crippen molar-refractivity contribution >= 4 is 11.8 Å². The highest BCUT2D eigenvalue weighted by Gasteiger charge is 2.36. The van der Waals surface area contributed by atoms with Crippen molar-refractivity contribution in [1.82, 2.24) is 0 Å². The van der Waals surface area contributed by atoms with E-state index in [-0.39, 0.29) is 11.8 Å². The van der Waals surface area contributed by atoms with Gasteiger partial charge in [0, 0.05) is 25.0 Å². The molecule has 1 aromatic rings. The molecule has 1 aliphatic rings. The number of imide groups is 1. The van der Waals surface area contributed by atoms with Gasteiger partial charge in [-0.05, 0) is 5.01 Å². The number of carbonyl (C=O) groups is 2. The first-order valence-electron chi connectivity index (χ1n) is 4.73. The van der Waals surface area contributed by atoms with E-state index in [9.17, 15) is 9.59 Å². The number of halogens is 1. The molecular formula is C9H9ClN2O6. The summed E-state index contributed by atoms with van der Waals surface area (Å²) in [6, 6.07) is 5.39. The highest BCUT2D eigenvalue weighted by molar-refractivity contribution is 6.12. The fourth-order valence-electron chi connectivity index (χ4n) is 1.35. The summed E-state index contributed by atoms with van der Waals surface area (Å²) in [5.41, 5.74) is 0. The van der Waals surface area contributed by atoms with Crippen LogP contribution in [0, 0.1) is 10.2 Å². The highest BCUT2D eigenvalue weighted by atomic mass is 35.7. The number of rotatable bonds is 1. The van der Waals surface area contributed by atoms with E-state index < -0.39 is 10.2 Å². The van der Waals surface area contributed by atoms with Gasteiger partial charge in [-0.1, -0.05) is 10.7 Å². The molecule has 0 aromatic carbocycles. The molecule has 0 aliphatic carbocycles. The van der Waals surface area contributed by atoms with E-state index in [2.05, 4.69) is 0 Å². The lowest BCUT2D eigenvalue weighted by molar-refractivity contribution is -2.00. The summed E-state index contributed by atoms with van der Waals surface area (Å²) < 4.78 is 35.5. The average Bonchev–Trinajstić information content (AvgIpc) is 2.57. The van der Waals surface area contributed by atoms with Crippen LogP contribution in [0.5, 0.6) is 0 Å². The molecule has 0 saturated carbocycles. The van der Waals surface area contributed by atoms with Gasteiger partial charge in [-0.25, -0.2) is 18.6 Å². The largest absolute Gasteiger partial charge is 0.287 e. The predicted molar refractivity (Wildman–Crippen MR) is 44.1 cm³/mol. The minimum atomic E-state index is -4.94. The topological polar surface area (TPSA) is 134 Å². The molecule has 2 heterocycles. The number of amides is 2. The molecule has 0 unspecified atom stereocenters. The monoisotopic (exact) mass is 276 g/mol. The zero-order chi connectivity index (χ0) is 13.8. The third-order valence-electron chi connectivity index (χ3n) is 1.96. The van der Waals surface area contributed by atoms with Crippen molar-refractivity contribution in [2.24, 2.45) is 0 Å². The number of nitrogens with zero attached hydrogens (tertiary/aromatic N) is 2. The SMILES string of the molecule is O=C1CCC(=O)N1[n+]1ccccc1.[O-][Cl+3]([O-])([O-])[O-]. The smallest absolute Gasteiger partial charge is 0.268 e. The Bertz CT molecular complexity index is 410. The van der Waals surface area contributed by atoms with Gasteiger partial charge in [-0.15, -0.1) is 10.2 Å². The molecule has 1 saturated heterocycles. The van der Waals surface area contributed by atoms with E-state index in [1.54, 1.807) is 24.5 Å². The third-order valence-corrected chi connectivity index (χ3v) is 1.96. The summed E-state index contributed by atoms with van der Waals surface area (Å²) in [7, 11) is -4.94. The predicted octanol–water partition coefficient (Wildman–Crippen LogP) is -5.00. The maximum absolute atomic E-state index is 11.3. The summed E-state index contributed by atoms with van der Waals surface area (Å²) in [4.78, 5) is 22.5. The normalized spacial score (nSPS) is 15.4. The summed E-state index contributed by atoms with van der Waals surface area (Å²) in [6.45, 7) is 0. The molecule has 1 aromatic heterocycles. The second-order valence-corrected chi connectivity index (χ2v) is 3.99. The fourth-order valence-corrected chi connectivity index (χ4v) is 1.35. The number of hydrogen-bond donors (Lipinski definition) is 0. The van der Waals surface area contributed by atoms with E-state index in [1.165, 1.54) is 9.69 Å². The van der Waals surface area contributed by atoms with Crippen LogP contribution in [-0.4, -0.2) is 11.8 Å². The maximum atomic E-state index is 11.3. The first-order valence-corrected chi connectivity index (χ1v) is 5.96. The minimum absolute atomic E-state index is 0.138. The van der Waals surface area contributed by atoms with Crippen LogP contribution in [0.4, 0.5) is 0 Å². The lowest BCUT2D eigenvalue weighted by atomic mass is 10.4. The quantitative estimate of drug-likeness (QED) is 0.372. The first-order chi connectivity index (χ1) is 8.29. The average molecular weight is 277 g/mol. The van der Waals surface area contributed by atoms with Crippen molar-refractivity contribution in [1.29, 1.82) is 0 Å². The Labute approximate surface area is 104 Å². The van der Waals surface area contributed by atoms with Gasteiger partial charge in [0.25, 0.3) is 11.8 Å². The Kier molecular flexibility index (Phi) is 4.70. The molecule has 0 bridgehead atoms. The molecule has 0 atom stereocenters. The number of carbonyl (C=O) groups excluding carboxylic acids is 2. The van der Waals surface area contributed by atoms with Crippen molar-refractivity contribution < 1.29 is 43.1 Å². The zero-order valence-corrected chi connectivity index (χ0v) is 9.78. The summed E-state index contributed by atoms with van der Waals surface area (Å²) in [5.74, 6) is -0.276. The van der Waals surface area contributed by atoms with E-state index in [1.807, 2.05) is 6.07 Å². The molecule has 2 rings (SSSR count). The van der Waals surface area contributed by atoms with Gasteiger partial charge in [0.1, 0.15) is 0 Å². The fraction of sp³-hybridized carbons (Fsp3) is 0.222. The molecule has 1 aliphatic heterocycles. The third kappa shape index (κ3) is 4.73. The Morgan fingerprint density at radius 2 is 1.33 bits per heavy atom. The van der Waals surface area contributed by atoms with Gasteiger partial charge in [-0.3, -0.25) is 9.59 Å². The lowest BCUT2D eigenvalue weighted by Crippen LogP contribution is -2.68. The van der Waals surface area contributed by atoms with E-state index in [0.29, 0.717) is 12.8 Å². The summed E-state index contributed by atoms with van der Waals surface area (Å²) in [5, 5.41) is 1.17. The Morgan fingerprint density at radius 1 is 0.944 bits per heavy atom. The Balaban J connectivity index is 0.000000280. The summed E-state index contributed by atoms with van der Waals surface area (Å²) >= 11 is 0. The Hall–Kier alpha value is -1.58. The first kappa shape index (κ1) is 14.5. The van der Waals surface area contributed by atoms with Crippen molar-refractivity contribution in [3.63, 3.8) is 0 Å². The molecule has 2 amide bonds. The van der Waals surface area contributed by atoms with Crippen LogP contribution in [0.2, 0.25) is 0 Å². The highest BCUT2D eigenvalue weighted by Crippen LogP contribution is 2.05. The van der Waals surface area contributed by atoms with Crippen LogP contribution >= 0.6 is 0 Å². The number of aromatic nitrogens is 1. The molecule has 0 spiro atoms. The molecule has 8 nitrogen and oxygen atoms in total. The number of pyridine rings is 1. The summed E-state index contributed by atoms with van der Waals surface area (Å²) in [6.07, 6.45) is 4.00. The van der Waals surface area contributed by atoms with Crippen molar-refractivity contribution in [3.8, 4) is 0 Å². The molecule has 0 radical (unpaired) electrons. The molecule has 18 heavy (non-hydrogen) atoms. The standard InChI is InChI=1S/C9H9N2O2.ClHO4/c12-8-4-5-9(13)11(8)10-6-2-1-3-7-10;2-1(3,4)5/h1-3,6-7H,4-5H2;(H,2,3,4,5)/q+1;/p-1. The molecule has 9 heteroatoms. The maximum Gasteiger partial charge on any atom is 0.287 e. The molecular weight excluding hydrogens is 268 g/mol. The lowest BCUT2D eigenvalue weighted by Gasteiger charge is -2.17. The van der Waals surface area contributed by atoms with Crippen LogP contribution in [-0.2, 0) is 9.59 Å². The van der Waals surface area contributed by atoms with Crippen LogP contribution in [0.15, 0.2) is 30.6 Å². The second kappa shape index (κ2) is 5.85. The molecule has 0 N–H and O–H groups in total. The van der Waals surface area contributed by atoms with Crippen molar-refractivity contribution in [2.75, 3.05) is 5.01 Å². The van der Waals surface area contributed by atoms with Gasteiger partial charge in [0.15, 0.2) is 0 Å². The Morgan fingerprint density at radius 3 is 1.72 bits per heavy atom. The van der Waals surface area contributed by atoms with Gasteiger partial charge < -0.3 is 0 Å². The van der Waals surface area contributed by atoms with Gasteiger partial charge in [-0.2, -0.15) is 0 Å². The minimum Gasteiger partial charge on any atom is -0.268 e. The molecule has 98 valence electrons. The van der Waals surface area contributed by atoms with Crippen LogP contribution in [0.3, 0.4) is 0 Å². The van der Waals surface area contributed by atoms with Gasteiger partial charge in [0.2, 0.25) is 12.4 Å². The van der Waals surface area contributed by atoms with Crippen molar-refractivity contribution in [2.45, 2.75) is 12.8 Å². The van der Waals surface area contributed by atoms with Crippen LogP contribution in [0.25, 0.3) is 0 Å². The van der Waals surface area contributed by atoms with Gasteiger partial charge >= 0.3 is 0 Å². The van der Waals surface area contributed by atoms with E-state index in [4.69, 9.17) is 18.6 Å². The van der Waals surface area contributed by atoms with Crippen LogP contribution in [0.1, 0.15) is 12.8 Å². The van der Waals surface area contributed by atoms with Crippen LogP contribution < -0.4 is 28.3 Å². The molecule has 1 fully saturated rings. The van der Waals surface area contributed by atoms with Gasteiger partial charge in [0.05, 0.1) is 0 Å². The second-order valence-electron chi connectivity index (χ2n) is 3.23.